The van der Waals surface area contributed by atoms with E-state index in [1.807, 2.05) is 24.3 Å². The van der Waals surface area contributed by atoms with Crippen molar-refractivity contribution in [3.8, 4) is 17.2 Å². The first-order valence-corrected chi connectivity index (χ1v) is 10.1. The monoisotopic (exact) mass is 426 g/mol. The maximum absolute atomic E-state index is 12.6. The molecule has 0 N–H and O–H groups in total. The van der Waals surface area contributed by atoms with Gasteiger partial charge in [-0.1, -0.05) is 37.0 Å². The lowest BCUT2D eigenvalue weighted by Gasteiger charge is -2.17. The molecule has 2 aromatic carbocycles. The van der Waals surface area contributed by atoms with Crippen LogP contribution in [-0.2, 0) is 12.8 Å². The van der Waals surface area contributed by atoms with Gasteiger partial charge in [-0.15, -0.1) is 0 Å². The lowest BCUT2D eigenvalue weighted by Crippen LogP contribution is -2.08. The van der Waals surface area contributed by atoms with Crippen LogP contribution in [0.4, 0.5) is 4.39 Å². The molecule has 2 rings (SSSR count). The Hall–Kier alpha value is -1.91. The maximum atomic E-state index is 12.6. The molecule has 0 spiro atoms. The third-order valence-electron chi connectivity index (χ3n) is 4.08. The summed E-state index contributed by atoms with van der Waals surface area (Å²) in [5, 5.41) is -0.0849. The Kier molecular flexibility index (Phi) is 9.45. The Morgan fingerprint density at radius 2 is 1.54 bits per heavy atom. The summed E-state index contributed by atoms with van der Waals surface area (Å²) in [5.74, 6) is 2.36. The van der Waals surface area contributed by atoms with E-state index in [2.05, 4.69) is 13.8 Å². The van der Waals surface area contributed by atoms with Gasteiger partial charge in [-0.25, -0.2) is 0 Å². The van der Waals surface area contributed by atoms with Gasteiger partial charge in [0.05, 0.1) is 13.2 Å². The van der Waals surface area contributed by atoms with Crippen molar-refractivity contribution < 1.29 is 18.6 Å². The van der Waals surface area contributed by atoms with Gasteiger partial charge < -0.3 is 14.2 Å². The van der Waals surface area contributed by atoms with Crippen LogP contribution in [0.5, 0.6) is 17.2 Å². The highest BCUT2D eigenvalue weighted by Gasteiger charge is 2.11. The molecule has 28 heavy (non-hydrogen) atoms. The van der Waals surface area contributed by atoms with Gasteiger partial charge in [0.15, 0.2) is 5.29 Å². The maximum Gasteiger partial charge on any atom is 0.188 e. The fraction of sp³-hybridized carbons (Fsp3) is 0.364. The number of benzene rings is 2. The van der Waals surface area contributed by atoms with Gasteiger partial charge in [-0.3, -0.25) is 0 Å². The fourth-order valence-electron chi connectivity index (χ4n) is 2.67. The van der Waals surface area contributed by atoms with Crippen LogP contribution in [0.15, 0.2) is 47.8 Å². The third-order valence-corrected chi connectivity index (χ3v) is 4.49. The van der Waals surface area contributed by atoms with Gasteiger partial charge in [0.25, 0.3) is 0 Å². The van der Waals surface area contributed by atoms with Gasteiger partial charge in [0.1, 0.15) is 23.9 Å². The van der Waals surface area contributed by atoms with Gasteiger partial charge in [0.2, 0.25) is 0 Å². The molecule has 0 aliphatic heterocycles. The zero-order chi connectivity index (χ0) is 20.4. The number of halogens is 3. The first kappa shape index (κ1) is 22.4. The van der Waals surface area contributed by atoms with E-state index >= 15 is 0 Å². The second-order valence-electron chi connectivity index (χ2n) is 6.09. The Labute approximate surface area is 176 Å². The van der Waals surface area contributed by atoms with Crippen LogP contribution in [0.25, 0.3) is 0 Å². The van der Waals surface area contributed by atoms with Crippen LogP contribution in [0, 0.1) is 0 Å². The minimum absolute atomic E-state index is 0.0872. The summed E-state index contributed by atoms with van der Waals surface area (Å²) < 4.78 is 29.9. The van der Waals surface area contributed by atoms with Gasteiger partial charge in [-0.05, 0) is 60.4 Å². The Balaban J connectivity index is 1.91. The van der Waals surface area contributed by atoms with Gasteiger partial charge in [-0.2, -0.15) is 4.39 Å². The number of ether oxygens (including phenoxy) is 3. The van der Waals surface area contributed by atoms with E-state index < -0.39 is 5.29 Å². The summed E-state index contributed by atoms with van der Waals surface area (Å²) in [4.78, 5) is 0. The first-order valence-electron chi connectivity index (χ1n) is 9.34. The molecule has 0 unspecified atom stereocenters. The lowest BCUT2D eigenvalue weighted by atomic mass is 10.0. The Bertz CT molecular complexity index is 747. The molecule has 3 nitrogen and oxygen atoms in total. The van der Waals surface area contributed by atoms with Crippen LogP contribution < -0.4 is 14.2 Å². The number of hydrogen-bond acceptors (Lipinski definition) is 3. The molecular formula is C22H25Cl2FO3. The van der Waals surface area contributed by atoms with Gasteiger partial charge >= 0.3 is 0 Å². The van der Waals surface area contributed by atoms with E-state index in [0.717, 1.165) is 41.9 Å². The summed E-state index contributed by atoms with van der Waals surface area (Å²) in [6.45, 7) is 5.32. The van der Waals surface area contributed by atoms with Crippen molar-refractivity contribution in [2.24, 2.45) is 0 Å². The SMILES string of the molecule is CCc1cc(OCC=C(F)Cl)cc(CC)c1OCCCOc1ccc(Cl)cc1. The van der Waals surface area contributed by atoms with Crippen molar-refractivity contribution in [2.75, 3.05) is 19.8 Å². The molecule has 0 aliphatic rings. The minimum Gasteiger partial charge on any atom is -0.493 e. The third kappa shape index (κ3) is 7.25. The summed E-state index contributed by atoms with van der Waals surface area (Å²) in [7, 11) is 0. The second-order valence-corrected chi connectivity index (χ2v) is 6.88. The first-order chi connectivity index (χ1) is 13.5. The highest BCUT2D eigenvalue weighted by Crippen LogP contribution is 2.31. The molecule has 0 saturated heterocycles. The molecule has 0 heterocycles. The van der Waals surface area contributed by atoms with Gasteiger partial charge in [0, 0.05) is 17.5 Å². The lowest BCUT2D eigenvalue weighted by molar-refractivity contribution is 0.244. The predicted octanol–water partition coefficient (Wildman–Crippen LogP) is 6.74. The van der Waals surface area contributed by atoms with Crippen molar-refractivity contribution >= 4 is 23.2 Å². The van der Waals surface area contributed by atoms with Crippen LogP contribution in [0.3, 0.4) is 0 Å². The number of rotatable bonds is 11. The van der Waals surface area contributed by atoms with Crippen molar-refractivity contribution in [3.05, 3.63) is 63.9 Å². The molecule has 6 heteroatoms. The quantitative estimate of drug-likeness (QED) is 0.372. The molecule has 0 aromatic heterocycles. The zero-order valence-electron chi connectivity index (χ0n) is 16.1. The normalized spacial score (nSPS) is 11.4. The number of aryl methyl sites for hydroxylation is 2. The van der Waals surface area contributed by atoms with Crippen LogP contribution in [0.1, 0.15) is 31.4 Å². The molecule has 0 saturated carbocycles. The van der Waals surface area contributed by atoms with E-state index in [0.29, 0.717) is 24.0 Å². The number of hydrogen-bond donors (Lipinski definition) is 0. The molecular weight excluding hydrogens is 402 g/mol. The molecule has 152 valence electrons. The summed E-state index contributed by atoms with van der Waals surface area (Å²) in [5.41, 5.74) is 2.12. The van der Waals surface area contributed by atoms with E-state index in [1.165, 1.54) is 6.08 Å². The average molecular weight is 427 g/mol. The molecule has 0 amide bonds. The van der Waals surface area contributed by atoms with Crippen LogP contribution >= 0.6 is 23.2 Å². The minimum atomic E-state index is -0.771. The second kappa shape index (κ2) is 11.8. The van der Waals surface area contributed by atoms with E-state index in [4.69, 9.17) is 37.4 Å². The molecule has 0 fully saturated rings. The Morgan fingerprint density at radius 3 is 2.11 bits per heavy atom. The van der Waals surface area contributed by atoms with E-state index in [-0.39, 0.29) is 6.61 Å². The summed E-state index contributed by atoms with van der Waals surface area (Å²) in [6.07, 6.45) is 3.55. The van der Waals surface area contributed by atoms with Crippen LogP contribution in [-0.4, -0.2) is 19.8 Å². The highest BCUT2D eigenvalue weighted by molar-refractivity contribution is 6.30. The summed E-state index contributed by atoms with van der Waals surface area (Å²) >= 11 is 11.1. The molecule has 0 bridgehead atoms. The predicted molar refractivity (Wildman–Crippen MR) is 113 cm³/mol. The van der Waals surface area contributed by atoms with E-state index in [1.54, 1.807) is 12.1 Å². The van der Waals surface area contributed by atoms with E-state index in [9.17, 15) is 4.39 Å². The van der Waals surface area contributed by atoms with Crippen molar-refractivity contribution in [1.82, 2.24) is 0 Å². The topological polar surface area (TPSA) is 27.7 Å². The zero-order valence-corrected chi connectivity index (χ0v) is 17.7. The Morgan fingerprint density at radius 1 is 0.929 bits per heavy atom. The average Bonchev–Trinajstić information content (AvgIpc) is 2.69. The highest BCUT2D eigenvalue weighted by atomic mass is 35.5. The summed E-state index contributed by atoms with van der Waals surface area (Å²) in [6, 6.07) is 11.2. The largest absolute Gasteiger partial charge is 0.493 e. The smallest absolute Gasteiger partial charge is 0.188 e. The van der Waals surface area contributed by atoms with Crippen molar-refractivity contribution in [3.63, 3.8) is 0 Å². The molecule has 2 aromatic rings. The van der Waals surface area contributed by atoms with Crippen LogP contribution in [0.2, 0.25) is 5.02 Å². The standard InChI is InChI=1S/C22H25Cl2FO3/c1-3-16-14-20(27-13-10-21(24)25)15-17(4-2)22(16)28-12-5-11-26-19-8-6-18(23)7-9-19/h6-10,14-15H,3-5,11-13H2,1-2H3. The van der Waals surface area contributed by atoms with Crippen molar-refractivity contribution in [2.45, 2.75) is 33.1 Å². The fourth-order valence-corrected chi connectivity index (χ4v) is 2.86. The molecule has 0 aliphatic carbocycles. The van der Waals surface area contributed by atoms with Crippen molar-refractivity contribution in [1.29, 1.82) is 0 Å². The molecule has 0 radical (unpaired) electrons. The molecule has 0 atom stereocenters.